The second kappa shape index (κ2) is 5.11. The van der Waals surface area contributed by atoms with Crippen molar-refractivity contribution in [2.24, 2.45) is 5.92 Å². The van der Waals surface area contributed by atoms with Crippen molar-refractivity contribution in [2.45, 2.75) is 45.1 Å². The van der Waals surface area contributed by atoms with Crippen LogP contribution < -0.4 is 11.1 Å². The van der Waals surface area contributed by atoms with Crippen molar-refractivity contribution >= 4 is 22.8 Å². The van der Waals surface area contributed by atoms with E-state index in [1.165, 1.54) is 32.1 Å². The molecule has 1 aromatic heterocycles. The van der Waals surface area contributed by atoms with Crippen molar-refractivity contribution in [3.8, 4) is 0 Å². The van der Waals surface area contributed by atoms with Gasteiger partial charge in [0.1, 0.15) is 5.52 Å². The maximum absolute atomic E-state index is 5.76. The van der Waals surface area contributed by atoms with Gasteiger partial charge in [0.15, 0.2) is 5.58 Å². The quantitative estimate of drug-likeness (QED) is 0.636. The Labute approximate surface area is 113 Å². The van der Waals surface area contributed by atoms with Crippen LogP contribution in [0.5, 0.6) is 0 Å². The molecule has 2 aromatic rings. The monoisotopic (exact) mass is 259 g/mol. The molecule has 3 N–H and O–H groups in total. The number of oxazole rings is 1. The van der Waals surface area contributed by atoms with Gasteiger partial charge < -0.3 is 15.5 Å². The Morgan fingerprint density at radius 2 is 2.11 bits per heavy atom. The molecule has 4 nitrogen and oxygen atoms in total. The first-order valence-electron chi connectivity index (χ1n) is 7.15. The van der Waals surface area contributed by atoms with Crippen molar-refractivity contribution in [1.29, 1.82) is 0 Å². The molecular formula is C15H21N3O. The number of benzene rings is 1. The van der Waals surface area contributed by atoms with Gasteiger partial charge in [-0.05, 0) is 37.0 Å². The Kier molecular flexibility index (Phi) is 3.32. The number of hydrogen-bond donors (Lipinski definition) is 2. The Bertz CT molecular complexity index is 564. The molecule has 1 aliphatic carbocycles. The van der Waals surface area contributed by atoms with Crippen LogP contribution in [0.3, 0.4) is 0 Å². The van der Waals surface area contributed by atoms with Crippen LogP contribution >= 0.6 is 0 Å². The Morgan fingerprint density at radius 1 is 1.26 bits per heavy atom. The van der Waals surface area contributed by atoms with Gasteiger partial charge in [0.2, 0.25) is 0 Å². The van der Waals surface area contributed by atoms with E-state index in [2.05, 4.69) is 17.2 Å². The average Bonchev–Trinajstić information content (AvgIpc) is 2.66. The molecule has 2 unspecified atom stereocenters. The van der Waals surface area contributed by atoms with E-state index in [1.807, 2.05) is 18.2 Å². The molecule has 4 heteroatoms. The van der Waals surface area contributed by atoms with E-state index in [1.54, 1.807) is 0 Å². The molecule has 0 spiro atoms. The van der Waals surface area contributed by atoms with Crippen molar-refractivity contribution in [2.75, 3.05) is 11.1 Å². The van der Waals surface area contributed by atoms with E-state index in [9.17, 15) is 0 Å². The summed E-state index contributed by atoms with van der Waals surface area (Å²) in [5.41, 5.74) is 8.09. The number of fused-ring (bicyclic) bond motifs is 1. The van der Waals surface area contributed by atoms with Gasteiger partial charge in [-0.25, -0.2) is 0 Å². The van der Waals surface area contributed by atoms with Crippen molar-refractivity contribution in [1.82, 2.24) is 4.98 Å². The van der Waals surface area contributed by atoms with Crippen molar-refractivity contribution in [3.05, 3.63) is 18.2 Å². The van der Waals surface area contributed by atoms with Crippen LogP contribution in [-0.2, 0) is 0 Å². The minimum absolute atomic E-state index is 0.466. The minimum Gasteiger partial charge on any atom is -0.424 e. The standard InChI is InChI=1S/C15H21N3O/c1-10-5-3-2-4-6-12(10)17-15-18-13-9-11(16)7-8-14(13)19-15/h7-10,12H,2-6,16H2,1H3,(H,17,18). The highest BCUT2D eigenvalue weighted by atomic mass is 16.4. The summed E-state index contributed by atoms with van der Waals surface area (Å²) >= 11 is 0. The van der Waals surface area contributed by atoms with E-state index in [4.69, 9.17) is 10.2 Å². The van der Waals surface area contributed by atoms with E-state index in [0.717, 1.165) is 16.8 Å². The molecule has 19 heavy (non-hydrogen) atoms. The lowest BCUT2D eigenvalue weighted by Gasteiger charge is -2.21. The molecule has 0 amide bonds. The summed E-state index contributed by atoms with van der Waals surface area (Å²) < 4.78 is 5.74. The number of anilines is 2. The van der Waals surface area contributed by atoms with Crippen molar-refractivity contribution in [3.63, 3.8) is 0 Å². The highest BCUT2D eigenvalue weighted by Gasteiger charge is 2.21. The minimum atomic E-state index is 0.466. The summed E-state index contributed by atoms with van der Waals surface area (Å²) in [4.78, 5) is 4.47. The molecule has 0 bridgehead atoms. The van der Waals surface area contributed by atoms with Crippen molar-refractivity contribution < 1.29 is 4.42 Å². The second-order valence-corrected chi connectivity index (χ2v) is 5.61. The van der Waals surface area contributed by atoms with Gasteiger partial charge in [-0.15, -0.1) is 0 Å². The fourth-order valence-corrected chi connectivity index (χ4v) is 2.87. The summed E-state index contributed by atoms with van der Waals surface area (Å²) in [7, 11) is 0. The molecule has 1 saturated carbocycles. The van der Waals surface area contributed by atoms with Gasteiger partial charge in [-0.1, -0.05) is 26.2 Å². The largest absolute Gasteiger partial charge is 0.424 e. The number of hydrogen-bond acceptors (Lipinski definition) is 4. The Hall–Kier alpha value is -1.71. The number of rotatable bonds is 2. The molecule has 1 heterocycles. The average molecular weight is 259 g/mol. The van der Waals surface area contributed by atoms with Crippen LogP contribution in [0.2, 0.25) is 0 Å². The lowest BCUT2D eigenvalue weighted by molar-refractivity contribution is 0.444. The lowest BCUT2D eigenvalue weighted by atomic mass is 9.97. The Balaban J connectivity index is 1.80. The SMILES string of the molecule is CC1CCCCCC1Nc1nc2cc(N)ccc2o1. The fourth-order valence-electron chi connectivity index (χ4n) is 2.87. The first-order chi connectivity index (χ1) is 9.22. The molecule has 0 aliphatic heterocycles. The zero-order valence-electron chi connectivity index (χ0n) is 11.4. The molecule has 0 saturated heterocycles. The molecule has 1 aliphatic rings. The lowest BCUT2D eigenvalue weighted by Crippen LogP contribution is -2.26. The molecule has 1 aromatic carbocycles. The third-order valence-electron chi connectivity index (χ3n) is 4.08. The maximum atomic E-state index is 5.76. The zero-order valence-corrected chi connectivity index (χ0v) is 11.4. The van der Waals surface area contributed by atoms with Gasteiger partial charge in [0.25, 0.3) is 6.01 Å². The zero-order chi connectivity index (χ0) is 13.2. The van der Waals surface area contributed by atoms with Gasteiger partial charge in [0.05, 0.1) is 0 Å². The van der Waals surface area contributed by atoms with Gasteiger partial charge >= 0.3 is 0 Å². The van der Waals surface area contributed by atoms with Crippen LogP contribution in [0.15, 0.2) is 22.6 Å². The highest BCUT2D eigenvalue weighted by Crippen LogP contribution is 2.27. The van der Waals surface area contributed by atoms with Crippen LogP contribution in [-0.4, -0.2) is 11.0 Å². The van der Waals surface area contributed by atoms with Crippen LogP contribution in [0.25, 0.3) is 11.1 Å². The van der Waals surface area contributed by atoms with E-state index in [0.29, 0.717) is 18.0 Å². The molecule has 1 fully saturated rings. The van der Waals surface area contributed by atoms with E-state index < -0.39 is 0 Å². The van der Waals surface area contributed by atoms with E-state index >= 15 is 0 Å². The number of aromatic nitrogens is 1. The number of nitrogen functional groups attached to an aromatic ring is 1. The summed E-state index contributed by atoms with van der Waals surface area (Å²) in [6, 6.07) is 6.65. The topological polar surface area (TPSA) is 64.1 Å². The molecule has 102 valence electrons. The number of nitrogens with zero attached hydrogens (tertiary/aromatic N) is 1. The maximum Gasteiger partial charge on any atom is 0.295 e. The summed E-state index contributed by atoms with van der Waals surface area (Å²) in [5.74, 6) is 0.669. The summed E-state index contributed by atoms with van der Waals surface area (Å²) in [6.07, 6.45) is 6.44. The summed E-state index contributed by atoms with van der Waals surface area (Å²) in [5, 5.41) is 3.46. The molecule has 2 atom stereocenters. The summed E-state index contributed by atoms with van der Waals surface area (Å²) in [6.45, 7) is 2.31. The Morgan fingerprint density at radius 3 is 3.00 bits per heavy atom. The van der Waals surface area contributed by atoms with Crippen LogP contribution in [0.1, 0.15) is 39.0 Å². The first-order valence-corrected chi connectivity index (χ1v) is 7.15. The normalized spacial score (nSPS) is 24.3. The third kappa shape index (κ3) is 2.67. The molecular weight excluding hydrogens is 238 g/mol. The highest BCUT2D eigenvalue weighted by molar-refractivity contribution is 5.78. The number of nitrogens with two attached hydrogens (primary N) is 1. The van der Waals surface area contributed by atoms with Crippen LogP contribution in [0.4, 0.5) is 11.7 Å². The first kappa shape index (κ1) is 12.3. The number of nitrogens with one attached hydrogen (secondary N) is 1. The van der Waals surface area contributed by atoms with Gasteiger partial charge in [-0.3, -0.25) is 0 Å². The molecule has 0 radical (unpaired) electrons. The smallest absolute Gasteiger partial charge is 0.295 e. The van der Waals surface area contributed by atoms with Gasteiger partial charge in [0, 0.05) is 11.7 Å². The fraction of sp³-hybridized carbons (Fsp3) is 0.533. The second-order valence-electron chi connectivity index (χ2n) is 5.61. The predicted octanol–water partition coefficient (Wildman–Crippen LogP) is 3.79. The third-order valence-corrected chi connectivity index (χ3v) is 4.08. The predicted molar refractivity (Wildman–Crippen MR) is 78.1 cm³/mol. The van der Waals surface area contributed by atoms with E-state index in [-0.39, 0.29) is 0 Å². The van der Waals surface area contributed by atoms with Crippen LogP contribution in [0, 0.1) is 5.92 Å². The van der Waals surface area contributed by atoms with Gasteiger partial charge in [-0.2, -0.15) is 4.98 Å². The molecule has 3 rings (SSSR count).